The van der Waals surface area contributed by atoms with Gasteiger partial charge in [0, 0.05) is 44.9 Å². The molecule has 0 fully saturated rings. The average Bonchev–Trinajstić information content (AvgIpc) is 2.34. The van der Waals surface area contributed by atoms with E-state index in [1.807, 2.05) is 0 Å². The summed E-state index contributed by atoms with van der Waals surface area (Å²) in [4.78, 5) is 0. The molecule has 0 atom stereocenters. The Kier molecular flexibility index (Phi) is 4.53. The zero-order valence-electron chi connectivity index (χ0n) is 6.50. The van der Waals surface area contributed by atoms with Crippen LogP contribution in [0.15, 0.2) is 0 Å². The zero-order chi connectivity index (χ0) is 7.56. The predicted octanol–water partition coefficient (Wildman–Crippen LogP) is -0.0356. The summed E-state index contributed by atoms with van der Waals surface area (Å²) in [5, 5.41) is 7.24. The van der Waals surface area contributed by atoms with Crippen molar-refractivity contribution in [3.63, 3.8) is 0 Å². The standard InChI is InChI=1S/C6H8N4.Y/c1-3-6(7)10-4-8-9-5(10)2;/h7H2,1-2H3;/q-2;. The van der Waals surface area contributed by atoms with Crippen LogP contribution in [0.3, 0.4) is 0 Å². The van der Waals surface area contributed by atoms with Crippen LogP contribution in [0, 0.1) is 19.3 Å². The molecule has 0 spiro atoms. The quantitative estimate of drug-likeness (QED) is 0.682. The van der Waals surface area contributed by atoms with Crippen LogP contribution in [0.1, 0.15) is 12.7 Å². The van der Waals surface area contributed by atoms with Gasteiger partial charge < -0.3 is 16.4 Å². The van der Waals surface area contributed by atoms with Crippen LogP contribution in [-0.4, -0.2) is 14.8 Å². The van der Waals surface area contributed by atoms with Crippen LogP contribution in [0.4, 0.5) is 0 Å². The fourth-order valence-corrected chi connectivity index (χ4v) is 0.597. The molecule has 57 valence electrons. The first-order valence-corrected chi connectivity index (χ1v) is 2.86. The molecule has 11 heavy (non-hydrogen) atoms. The molecular formula is C6H8N4Y-2. The van der Waals surface area contributed by atoms with Crippen LogP contribution >= 0.6 is 0 Å². The van der Waals surface area contributed by atoms with Gasteiger partial charge in [0.05, 0.1) is 0 Å². The summed E-state index contributed by atoms with van der Waals surface area (Å²) < 4.78 is 1.54. The fourth-order valence-electron chi connectivity index (χ4n) is 0.597. The van der Waals surface area contributed by atoms with E-state index in [-0.39, 0.29) is 32.7 Å². The topological polar surface area (TPSA) is 56.7 Å². The number of aromatic nitrogens is 3. The summed E-state index contributed by atoms with van der Waals surface area (Å²) in [6, 6.07) is 0. The Balaban J connectivity index is 0.000001000. The maximum atomic E-state index is 5.50. The third-order valence-electron chi connectivity index (χ3n) is 1.16. The summed E-state index contributed by atoms with van der Waals surface area (Å²) in [5.74, 6) is 1.19. The molecule has 1 heterocycles. The summed E-state index contributed by atoms with van der Waals surface area (Å²) in [7, 11) is 0. The molecule has 0 saturated carbocycles. The summed E-state index contributed by atoms with van der Waals surface area (Å²) in [6.07, 6.45) is 5.34. The van der Waals surface area contributed by atoms with Crippen molar-refractivity contribution in [1.29, 1.82) is 0 Å². The van der Waals surface area contributed by atoms with Crippen molar-refractivity contribution in [3.8, 4) is 0 Å². The maximum absolute atomic E-state index is 5.50. The second-order valence-electron chi connectivity index (χ2n) is 1.82. The van der Waals surface area contributed by atoms with Crippen LogP contribution in [-0.2, 0) is 32.7 Å². The zero-order valence-corrected chi connectivity index (χ0v) is 9.33. The van der Waals surface area contributed by atoms with Crippen molar-refractivity contribution in [2.45, 2.75) is 13.8 Å². The van der Waals surface area contributed by atoms with Gasteiger partial charge in [-0.25, -0.2) is 17.1 Å². The van der Waals surface area contributed by atoms with Crippen molar-refractivity contribution in [1.82, 2.24) is 14.8 Å². The summed E-state index contributed by atoms with van der Waals surface area (Å²) in [6.45, 7) is 3.52. The minimum Gasteiger partial charge on any atom is -0.530 e. The van der Waals surface area contributed by atoms with Gasteiger partial charge in [0.1, 0.15) is 0 Å². The number of rotatable bonds is 1. The van der Waals surface area contributed by atoms with Crippen molar-refractivity contribution in [3.05, 3.63) is 18.2 Å². The van der Waals surface area contributed by atoms with Crippen LogP contribution in [0.25, 0.3) is 5.82 Å². The summed E-state index contributed by atoms with van der Waals surface area (Å²) >= 11 is 0. The number of aryl methyl sites for hydroxylation is 1. The van der Waals surface area contributed by atoms with E-state index in [2.05, 4.69) is 22.6 Å². The first kappa shape index (κ1) is 10.8. The van der Waals surface area contributed by atoms with E-state index in [0.717, 1.165) is 0 Å². The number of hydrogen-bond acceptors (Lipinski definition) is 3. The van der Waals surface area contributed by atoms with Crippen molar-refractivity contribution in [2.75, 3.05) is 0 Å². The molecule has 1 aromatic rings. The number of nitrogens with two attached hydrogens (primary N) is 1. The minimum absolute atomic E-state index is 0. The van der Waals surface area contributed by atoms with Crippen LogP contribution in [0.2, 0.25) is 0 Å². The van der Waals surface area contributed by atoms with Crippen molar-refractivity contribution in [2.24, 2.45) is 5.73 Å². The molecule has 0 aromatic carbocycles. The van der Waals surface area contributed by atoms with E-state index in [9.17, 15) is 0 Å². The Morgan fingerprint density at radius 2 is 2.36 bits per heavy atom. The monoisotopic (exact) mass is 225 g/mol. The molecule has 1 rings (SSSR count). The second-order valence-corrected chi connectivity index (χ2v) is 1.82. The molecule has 5 heteroatoms. The Morgan fingerprint density at radius 1 is 1.73 bits per heavy atom. The Hall–Kier alpha value is -0.216. The van der Waals surface area contributed by atoms with Crippen molar-refractivity contribution < 1.29 is 32.7 Å². The fraction of sp³-hybridized carbons (Fsp3) is 0.333. The molecule has 0 saturated heterocycles. The molecule has 0 bridgehead atoms. The minimum atomic E-state index is 0. The second kappa shape index (κ2) is 4.62. The van der Waals surface area contributed by atoms with E-state index in [1.54, 1.807) is 18.4 Å². The normalized spacial score (nSPS) is 10.9. The molecule has 0 aliphatic rings. The first-order chi connectivity index (χ1) is 4.75. The number of allylic oxidation sites excluding steroid dienone is 1. The van der Waals surface area contributed by atoms with Gasteiger partial charge in [0.25, 0.3) is 0 Å². The Labute approximate surface area is 90.8 Å². The van der Waals surface area contributed by atoms with E-state index in [0.29, 0.717) is 11.6 Å². The van der Waals surface area contributed by atoms with Gasteiger partial charge in [-0.15, -0.1) is 0 Å². The van der Waals surface area contributed by atoms with E-state index >= 15 is 0 Å². The predicted molar refractivity (Wildman–Crippen MR) is 36.4 cm³/mol. The summed E-state index contributed by atoms with van der Waals surface area (Å²) in [5.41, 5.74) is 5.50. The van der Waals surface area contributed by atoms with Gasteiger partial charge in [-0.1, -0.05) is 6.92 Å². The van der Waals surface area contributed by atoms with Gasteiger partial charge in [0.15, 0.2) is 0 Å². The van der Waals surface area contributed by atoms with Crippen LogP contribution in [0.5, 0.6) is 0 Å². The van der Waals surface area contributed by atoms with E-state index in [1.165, 1.54) is 0 Å². The molecule has 2 N–H and O–H groups in total. The van der Waals surface area contributed by atoms with Gasteiger partial charge in [-0.2, -0.15) is 5.82 Å². The third-order valence-corrected chi connectivity index (χ3v) is 1.16. The number of hydrogen-bond donors (Lipinski definition) is 1. The van der Waals surface area contributed by atoms with E-state index < -0.39 is 0 Å². The molecule has 0 unspecified atom stereocenters. The molecular weight excluding hydrogens is 217 g/mol. The third kappa shape index (κ3) is 2.38. The Bertz CT molecular complexity index is 253. The van der Waals surface area contributed by atoms with E-state index in [4.69, 9.17) is 5.73 Å². The largest absolute Gasteiger partial charge is 0.530 e. The average molecular weight is 225 g/mol. The van der Waals surface area contributed by atoms with Crippen molar-refractivity contribution >= 4 is 5.82 Å². The van der Waals surface area contributed by atoms with Gasteiger partial charge >= 0.3 is 0 Å². The Morgan fingerprint density at radius 3 is 2.73 bits per heavy atom. The number of nitrogens with zero attached hydrogens (tertiary/aromatic N) is 3. The van der Waals surface area contributed by atoms with Gasteiger partial charge in [-0.3, -0.25) is 0 Å². The molecule has 4 nitrogen and oxygen atoms in total. The smallest absolute Gasteiger partial charge is 0.0348 e. The maximum Gasteiger partial charge on any atom is 0.0348 e. The molecule has 0 amide bonds. The van der Waals surface area contributed by atoms with Crippen LogP contribution < -0.4 is 5.73 Å². The molecule has 1 aromatic heterocycles. The molecule has 0 aliphatic carbocycles. The molecule has 1 radical (unpaired) electrons. The molecule has 0 aliphatic heterocycles. The first-order valence-electron chi connectivity index (χ1n) is 2.86. The van der Waals surface area contributed by atoms with Gasteiger partial charge in [-0.05, 0) is 0 Å². The SMILES string of the molecule is C[C-]=C(N)n1[c-]nnc1C.[Y]. The van der Waals surface area contributed by atoms with Gasteiger partial charge in [0.2, 0.25) is 0 Å².